The molecule has 1 aliphatic rings. The van der Waals surface area contributed by atoms with Crippen molar-refractivity contribution < 1.29 is 13.9 Å². The molecule has 0 amide bonds. The van der Waals surface area contributed by atoms with Crippen LogP contribution in [0.1, 0.15) is 34.3 Å². The first kappa shape index (κ1) is 17.7. The number of oxazole rings is 1. The smallest absolute Gasteiger partial charge is 0.338 e. The van der Waals surface area contributed by atoms with E-state index in [2.05, 4.69) is 29.8 Å². The molecule has 0 radical (unpaired) electrons. The van der Waals surface area contributed by atoms with Crippen LogP contribution < -0.4 is 0 Å². The van der Waals surface area contributed by atoms with Crippen LogP contribution in [0.2, 0.25) is 0 Å². The molecule has 1 saturated carbocycles. The predicted molar refractivity (Wildman–Crippen MR) is 105 cm³/mol. The van der Waals surface area contributed by atoms with Crippen LogP contribution in [-0.4, -0.2) is 42.1 Å². The van der Waals surface area contributed by atoms with E-state index < -0.39 is 0 Å². The van der Waals surface area contributed by atoms with E-state index in [4.69, 9.17) is 9.15 Å². The molecule has 140 valence electrons. The maximum absolute atomic E-state index is 12.4. The first-order valence-corrected chi connectivity index (χ1v) is 9.26. The van der Waals surface area contributed by atoms with Gasteiger partial charge in [0.05, 0.1) is 5.56 Å². The SMILES string of the molecule is Cc1cc(C)cc(-c2nc3ccc(C(=O)O[C@H]4C[C@@H](N(C)C)C4)cc3o2)c1. The van der Waals surface area contributed by atoms with E-state index in [-0.39, 0.29) is 12.1 Å². The molecule has 5 nitrogen and oxygen atoms in total. The minimum atomic E-state index is -0.302. The molecular weight excluding hydrogens is 340 g/mol. The first-order valence-electron chi connectivity index (χ1n) is 9.26. The maximum Gasteiger partial charge on any atom is 0.338 e. The molecule has 0 saturated heterocycles. The Morgan fingerprint density at radius 1 is 1.11 bits per heavy atom. The second-order valence-corrected chi connectivity index (χ2v) is 7.69. The standard InChI is InChI=1S/C22H24N2O3/c1-13-7-14(2)9-16(8-13)21-23-19-6-5-15(10-20(19)27-21)22(25)26-18-11-17(12-18)24(3)4/h5-10,17-18H,11-12H2,1-4H3/t17-,18+. The van der Waals surface area contributed by atoms with Gasteiger partial charge in [-0.3, -0.25) is 0 Å². The molecule has 0 N–H and O–H groups in total. The Morgan fingerprint density at radius 2 is 1.81 bits per heavy atom. The number of hydrogen-bond donors (Lipinski definition) is 0. The normalized spacial score (nSPS) is 19.3. The number of carbonyl (C=O) groups excluding carboxylic acids is 1. The highest BCUT2D eigenvalue weighted by Crippen LogP contribution is 2.29. The molecule has 1 aliphatic carbocycles. The van der Waals surface area contributed by atoms with Gasteiger partial charge in [-0.2, -0.15) is 0 Å². The number of aromatic nitrogens is 1. The van der Waals surface area contributed by atoms with Gasteiger partial charge in [-0.25, -0.2) is 9.78 Å². The molecule has 3 aromatic rings. The zero-order valence-corrected chi connectivity index (χ0v) is 16.2. The molecule has 2 aromatic carbocycles. The molecule has 0 bridgehead atoms. The topological polar surface area (TPSA) is 55.6 Å². The molecular formula is C22H24N2O3. The third-order valence-corrected chi connectivity index (χ3v) is 5.17. The number of ether oxygens (including phenoxy) is 1. The fourth-order valence-electron chi connectivity index (χ4n) is 3.55. The van der Waals surface area contributed by atoms with Crippen molar-refractivity contribution in [2.24, 2.45) is 0 Å². The lowest BCUT2D eigenvalue weighted by Crippen LogP contribution is -2.45. The molecule has 1 aromatic heterocycles. The number of hydrogen-bond acceptors (Lipinski definition) is 5. The Hall–Kier alpha value is -2.66. The van der Waals surface area contributed by atoms with E-state index in [0.29, 0.717) is 23.1 Å². The summed E-state index contributed by atoms with van der Waals surface area (Å²) in [4.78, 5) is 19.2. The monoisotopic (exact) mass is 364 g/mol. The van der Waals surface area contributed by atoms with Crippen molar-refractivity contribution in [1.82, 2.24) is 9.88 Å². The fraction of sp³-hybridized carbons (Fsp3) is 0.364. The average molecular weight is 364 g/mol. The van der Waals surface area contributed by atoms with Gasteiger partial charge in [0, 0.05) is 24.4 Å². The lowest BCUT2D eigenvalue weighted by molar-refractivity contribution is -0.0190. The third-order valence-electron chi connectivity index (χ3n) is 5.17. The zero-order valence-electron chi connectivity index (χ0n) is 16.2. The fourth-order valence-corrected chi connectivity index (χ4v) is 3.55. The van der Waals surface area contributed by atoms with Crippen LogP contribution in [0.25, 0.3) is 22.6 Å². The van der Waals surface area contributed by atoms with E-state index in [1.54, 1.807) is 12.1 Å². The summed E-state index contributed by atoms with van der Waals surface area (Å²) < 4.78 is 11.5. The summed E-state index contributed by atoms with van der Waals surface area (Å²) >= 11 is 0. The zero-order chi connectivity index (χ0) is 19.1. The van der Waals surface area contributed by atoms with Crippen molar-refractivity contribution in [3.63, 3.8) is 0 Å². The van der Waals surface area contributed by atoms with Crippen molar-refractivity contribution in [3.05, 3.63) is 53.1 Å². The van der Waals surface area contributed by atoms with E-state index in [1.807, 2.05) is 32.3 Å². The summed E-state index contributed by atoms with van der Waals surface area (Å²) in [5, 5.41) is 0. The molecule has 4 rings (SSSR count). The van der Waals surface area contributed by atoms with Gasteiger partial charge in [0.15, 0.2) is 5.58 Å². The highest BCUT2D eigenvalue weighted by Gasteiger charge is 2.33. The summed E-state index contributed by atoms with van der Waals surface area (Å²) in [6.45, 7) is 4.10. The molecule has 27 heavy (non-hydrogen) atoms. The Kier molecular flexibility index (Phi) is 4.48. The van der Waals surface area contributed by atoms with Crippen molar-refractivity contribution in [3.8, 4) is 11.5 Å². The molecule has 0 atom stereocenters. The first-order chi connectivity index (χ1) is 12.9. The minimum absolute atomic E-state index is 0.00107. The summed E-state index contributed by atoms with van der Waals surface area (Å²) in [5.74, 6) is 0.263. The van der Waals surface area contributed by atoms with E-state index in [0.717, 1.165) is 35.0 Å². The summed E-state index contributed by atoms with van der Waals surface area (Å²) in [5.41, 5.74) is 5.09. The van der Waals surface area contributed by atoms with Crippen molar-refractivity contribution in [2.45, 2.75) is 38.8 Å². The highest BCUT2D eigenvalue weighted by atomic mass is 16.5. The number of benzene rings is 2. The number of carbonyl (C=O) groups is 1. The van der Waals surface area contributed by atoms with Crippen LogP contribution in [-0.2, 0) is 4.74 Å². The van der Waals surface area contributed by atoms with Gasteiger partial charge in [0.2, 0.25) is 5.89 Å². The second-order valence-electron chi connectivity index (χ2n) is 7.69. The Bertz CT molecular complexity index is 980. The van der Waals surface area contributed by atoms with Gasteiger partial charge in [-0.05, 0) is 58.3 Å². The molecule has 5 heteroatoms. The van der Waals surface area contributed by atoms with Crippen molar-refractivity contribution >= 4 is 17.1 Å². The van der Waals surface area contributed by atoms with Crippen LogP contribution in [0, 0.1) is 13.8 Å². The van der Waals surface area contributed by atoms with Crippen LogP contribution >= 0.6 is 0 Å². The Morgan fingerprint density at radius 3 is 2.48 bits per heavy atom. The Labute approximate surface area is 158 Å². The van der Waals surface area contributed by atoms with E-state index in [1.165, 1.54) is 0 Å². The van der Waals surface area contributed by atoms with Gasteiger partial charge in [0.1, 0.15) is 11.6 Å². The van der Waals surface area contributed by atoms with E-state index >= 15 is 0 Å². The molecule has 0 unspecified atom stereocenters. The van der Waals surface area contributed by atoms with Gasteiger partial charge >= 0.3 is 5.97 Å². The van der Waals surface area contributed by atoms with Crippen LogP contribution in [0.3, 0.4) is 0 Å². The summed E-state index contributed by atoms with van der Waals surface area (Å²) in [6, 6.07) is 12.0. The quantitative estimate of drug-likeness (QED) is 0.644. The molecule has 1 heterocycles. The predicted octanol–water partition coefficient (Wildman–Crippen LogP) is 4.36. The molecule has 1 fully saturated rings. The van der Waals surface area contributed by atoms with Crippen LogP contribution in [0.15, 0.2) is 40.8 Å². The number of nitrogens with zero attached hydrogens (tertiary/aromatic N) is 2. The van der Waals surface area contributed by atoms with Crippen molar-refractivity contribution in [2.75, 3.05) is 14.1 Å². The number of aryl methyl sites for hydroxylation is 2. The molecule has 0 aliphatic heterocycles. The van der Waals surface area contributed by atoms with Gasteiger partial charge in [-0.15, -0.1) is 0 Å². The number of fused-ring (bicyclic) bond motifs is 1. The summed E-state index contributed by atoms with van der Waals surface area (Å²) in [6.07, 6.45) is 1.78. The minimum Gasteiger partial charge on any atom is -0.459 e. The van der Waals surface area contributed by atoms with Gasteiger partial charge < -0.3 is 14.1 Å². The van der Waals surface area contributed by atoms with E-state index in [9.17, 15) is 4.79 Å². The Balaban J connectivity index is 1.53. The maximum atomic E-state index is 12.4. The highest BCUT2D eigenvalue weighted by molar-refractivity contribution is 5.93. The lowest BCUT2D eigenvalue weighted by atomic mass is 9.88. The largest absolute Gasteiger partial charge is 0.459 e. The van der Waals surface area contributed by atoms with Crippen LogP contribution in [0.5, 0.6) is 0 Å². The molecule has 0 spiro atoms. The second kappa shape index (κ2) is 6.82. The lowest BCUT2D eigenvalue weighted by Gasteiger charge is -2.38. The van der Waals surface area contributed by atoms with Crippen LogP contribution in [0.4, 0.5) is 0 Å². The average Bonchev–Trinajstić information content (AvgIpc) is 2.99. The third kappa shape index (κ3) is 3.60. The number of esters is 1. The van der Waals surface area contributed by atoms with Gasteiger partial charge in [0.25, 0.3) is 0 Å². The summed E-state index contributed by atoms with van der Waals surface area (Å²) in [7, 11) is 4.10. The van der Waals surface area contributed by atoms with Gasteiger partial charge in [-0.1, -0.05) is 17.2 Å². The number of rotatable bonds is 4. The van der Waals surface area contributed by atoms with Crippen molar-refractivity contribution in [1.29, 1.82) is 0 Å².